The molecule has 22 heavy (non-hydrogen) atoms. The molecule has 0 aromatic heterocycles. The highest BCUT2D eigenvalue weighted by molar-refractivity contribution is 9.10. The Hall–Kier alpha value is -2.27. The summed E-state index contributed by atoms with van der Waals surface area (Å²) in [6.07, 6.45) is 1.74. The minimum atomic E-state index is -0.0733. The Bertz CT molecular complexity index is 739. The van der Waals surface area contributed by atoms with Crippen LogP contribution in [0.5, 0.6) is 5.75 Å². The Kier molecular flexibility index (Phi) is 4.15. The van der Waals surface area contributed by atoms with Gasteiger partial charge in [-0.05, 0) is 47.5 Å². The largest absolute Gasteiger partial charge is 0.497 e. The summed E-state index contributed by atoms with van der Waals surface area (Å²) in [6.45, 7) is 0.549. The van der Waals surface area contributed by atoms with Crippen LogP contribution < -0.4 is 15.4 Å². The number of hydrogen-bond acceptors (Lipinski definition) is 3. The van der Waals surface area contributed by atoms with Gasteiger partial charge in [-0.2, -0.15) is 0 Å². The predicted molar refractivity (Wildman–Crippen MR) is 90.6 cm³/mol. The third-order valence-corrected chi connectivity index (χ3v) is 4.01. The van der Waals surface area contributed by atoms with Crippen molar-refractivity contribution >= 4 is 33.1 Å². The van der Waals surface area contributed by atoms with E-state index in [1.54, 1.807) is 13.3 Å². The minimum absolute atomic E-state index is 0.0733. The van der Waals surface area contributed by atoms with Crippen molar-refractivity contribution in [1.29, 1.82) is 0 Å². The van der Waals surface area contributed by atoms with Crippen molar-refractivity contribution in [2.45, 2.75) is 6.54 Å². The molecular weight excluding hydrogens is 344 g/mol. The smallest absolute Gasteiger partial charge is 0.253 e. The van der Waals surface area contributed by atoms with Crippen LogP contribution in [0.4, 0.5) is 5.69 Å². The van der Waals surface area contributed by atoms with Crippen LogP contribution in [0.1, 0.15) is 11.1 Å². The normalized spacial score (nSPS) is 15.2. The number of methoxy groups -OCH3 is 1. The van der Waals surface area contributed by atoms with Gasteiger partial charge in [0.25, 0.3) is 5.91 Å². The molecule has 0 radical (unpaired) electrons. The zero-order valence-corrected chi connectivity index (χ0v) is 13.6. The maximum Gasteiger partial charge on any atom is 0.253 e. The quantitative estimate of drug-likeness (QED) is 0.825. The van der Waals surface area contributed by atoms with E-state index in [4.69, 9.17) is 4.74 Å². The summed E-state index contributed by atoms with van der Waals surface area (Å²) in [7, 11) is 1.63. The molecule has 1 aliphatic heterocycles. The van der Waals surface area contributed by atoms with Crippen LogP contribution in [0.2, 0.25) is 0 Å². The highest BCUT2D eigenvalue weighted by Gasteiger charge is 2.20. The summed E-state index contributed by atoms with van der Waals surface area (Å²) >= 11 is 3.46. The fourth-order valence-corrected chi connectivity index (χ4v) is 2.76. The van der Waals surface area contributed by atoms with Crippen LogP contribution in [0.15, 0.2) is 53.1 Å². The van der Waals surface area contributed by atoms with Gasteiger partial charge in [0.05, 0.1) is 12.7 Å². The Labute approximate surface area is 137 Å². The molecule has 0 bridgehead atoms. The lowest BCUT2D eigenvalue weighted by Gasteiger charge is -2.20. The maximum atomic E-state index is 12.1. The topological polar surface area (TPSA) is 50.4 Å². The second-order valence-electron chi connectivity index (χ2n) is 4.91. The van der Waals surface area contributed by atoms with Gasteiger partial charge in [0.1, 0.15) is 5.75 Å². The maximum absolute atomic E-state index is 12.1. The third-order valence-electron chi connectivity index (χ3n) is 3.51. The highest BCUT2D eigenvalue weighted by Crippen LogP contribution is 2.27. The van der Waals surface area contributed by atoms with E-state index in [-0.39, 0.29) is 5.91 Å². The van der Waals surface area contributed by atoms with Crippen molar-refractivity contribution in [3.63, 3.8) is 0 Å². The van der Waals surface area contributed by atoms with E-state index < -0.39 is 0 Å². The third kappa shape index (κ3) is 2.99. The summed E-state index contributed by atoms with van der Waals surface area (Å²) in [6, 6.07) is 13.5. The summed E-state index contributed by atoms with van der Waals surface area (Å²) in [5.41, 5.74) is 3.57. The molecule has 0 saturated heterocycles. The molecule has 0 saturated carbocycles. The van der Waals surface area contributed by atoms with Crippen LogP contribution in [0.3, 0.4) is 0 Å². The highest BCUT2D eigenvalue weighted by atomic mass is 79.9. The van der Waals surface area contributed by atoms with Crippen LogP contribution in [-0.2, 0) is 11.3 Å². The average molecular weight is 359 g/mol. The summed E-state index contributed by atoms with van der Waals surface area (Å²) < 4.78 is 6.13. The summed E-state index contributed by atoms with van der Waals surface area (Å²) in [4.78, 5) is 12.1. The number of carbonyl (C=O) groups excluding carboxylic acids is 1. The van der Waals surface area contributed by atoms with E-state index in [0.717, 1.165) is 27.0 Å². The first kappa shape index (κ1) is 14.7. The van der Waals surface area contributed by atoms with Crippen molar-refractivity contribution in [1.82, 2.24) is 5.32 Å². The number of amides is 1. The molecular formula is C17H15BrN2O2. The second kappa shape index (κ2) is 6.23. The van der Waals surface area contributed by atoms with Crippen molar-refractivity contribution in [2.75, 3.05) is 12.4 Å². The number of hydrogen-bond donors (Lipinski definition) is 2. The van der Waals surface area contributed by atoms with Crippen molar-refractivity contribution in [3.8, 4) is 5.75 Å². The Balaban J connectivity index is 1.88. The number of carbonyl (C=O) groups is 1. The van der Waals surface area contributed by atoms with E-state index in [1.807, 2.05) is 42.5 Å². The molecule has 1 aliphatic rings. The van der Waals surface area contributed by atoms with E-state index in [0.29, 0.717) is 12.1 Å². The van der Waals surface area contributed by atoms with Gasteiger partial charge < -0.3 is 15.4 Å². The Morgan fingerprint density at radius 3 is 2.73 bits per heavy atom. The minimum Gasteiger partial charge on any atom is -0.497 e. The number of benzene rings is 2. The number of nitrogens with one attached hydrogen (secondary N) is 2. The first-order valence-corrected chi connectivity index (χ1v) is 7.64. The molecule has 3 rings (SSSR count). The van der Waals surface area contributed by atoms with Gasteiger partial charge in [0.15, 0.2) is 0 Å². The zero-order valence-electron chi connectivity index (χ0n) is 12.0. The molecule has 4 nitrogen and oxygen atoms in total. The van der Waals surface area contributed by atoms with Crippen LogP contribution in [0, 0.1) is 0 Å². The number of fused-ring (bicyclic) bond motifs is 1. The standard InChI is InChI=1S/C17H15BrN2O2/c1-22-14-5-3-13(4-6-14)19-10-16-15-7-2-12(18)8-11(15)9-20-17(16)21/h2-8,10,19H,9H2,1H3,(H,20,21)/b16-10-. The SMILES string of the molecule is COc1ccc(N/C=C2\C(=O)NCc3cc(Br)ccc32)cc1. The van der Waals surface area contributed by atoms with Gasteiger partial charge >= 0.3 is 0 Å². The number of anilines is 1. The molecule has 1 amide bonds. The van der Waals surface area contributed by atoms with E-state index >= 15 is 0 Å². The van der Waals surface area contributed by atoms with Crippen LogP contribution in [-0.4, -0.2) is 13.0 Å². The molecule has 0 spiro atoms. The first-order chi connectivity index (χ1) is 10.7. The Morgan fingerprint density at radius 2 is 2.00 bits per heavy atom. The van der Waals surface area contributed by atoms with E-state index in [9.17, 15) is 4.79 Å². The second-order valence-corrected chi connectivity index (χ2v) is 5.83. The summed E-state index contributed by atoms with van der Waals surface area (Å²) in [5.74, 6) is 0.722. The average Bonchev–Trinajstić information content (AvgIpc) is 2.54. The predicted octanol–water partition coefficient (Wildman–Crippen LogP) is 3.54. The number of ether oxygens (including phenoxy) is 1. The molecule has 2 aromatic carbocycles. The van der Waals surface area contributed by atoms with Gasteiger partial charge in [0, 0.05) is 22.9 Å². The number of halogens is 1. The van der Waals surface area contributed by atoms with Crippen molar-refractivity contribution < 1.29 is 9.53 Å². The molecule has 0 unspecified atom stereocenters. The lowest BCUT2D eigenvalue weighted by atomic mass is 9.96. The lowest BCUT2D eigenvalue weighted by Crippen LogP contribution is -2.29. The summed E-state index contributed by atoms with van der Waals surface area (Å²) in [5, 5.41) is 6.04. The van der Waals surface area contributed by atoms with Crippen LogP contribution >= 0.6 is 15.9 Å². The molecule has 5 heteroatoms. The molecule has 112 valence electrons. The fraction of sp³-hybridized carbons (Fsp3) is 0.118. The molecule has 2 N–H and O–H groups in total. The number of rotatable bonds is 3. The molecule has 0 atom stereocenters. The van der Waals surface area contributed by atoms with Crippen LogP contribution in [0.25, 0.3) is 5.57 Å². The van der Waals surface area contributed by atoms with E-state index in [1.165, 1.54) is 0 Å². The van der Waals surface area contributed by atoms with Gasteiger partial charge in [-0.25, -0.2) is 0 Å². The van der Waals surface area contributed by atoms with Gasteiger partial charge in [0.2, 0.25) is 0 Å². The van der Waals surface area contributed by atoms with Gasteiger partial charge in [-0.3, -0.25) is 4.79 Å². The van der Waals surface area contributed by atoms with Gasteiger partial charge in [-0.15, -0.1) is 0 Å². The van der Waals surface area contributed by atoms with Crippen molar-refractivity contribution in [3.05, 3.63) is 64.3 Å². The molecule has 1 heterocycles. The van der Waals surface area contributed by atoms with Gasteiger partial charge in [-0.1, -0.05) is 22.0 Å². The monoisotopic (exact) mass is 358 g/mol. The fourth-order valence-electron chi connectivity index (χ4n) is 2.35. The van der Waals surface area contributed by atoms with E-state index in [2.05, 4.69) is 26.6 Å². The van der Waals surface area contributed by atoms with Crippen molar-refractivity contribution in [2.24, 2.45) is 0 Å². The molecule has 2 aromatic rings. The molecule has 0 aliphatic carbocycles. The Morgan fingerprint density at radius 1 is 1.23 bits per heavy atom. The first-order valence-electron chi connectivity index (χ1n) is 6.85. The molecule has 0 fully saturated rings. The zero-order chi connectivity index (χ0) is 15.5. The lowest BCUT2D eigenvalue weighted by molar-refractivity contribution is -0.116.